The molecule has 0 aliphatic rings. The van der Waals surface area contributed by atoms with Crippen LogP contribution in [0.3, 0.4) is 0 Å². The Bertz CT molecular complexity index is 476. The fraction of sp³-hybridized carbons (Fsp3) is 0.308. The number of hydrogen-bond donors (Lipinski definition) is 3. The molecule has 20 heavy (non-hydrogen) atoms. The van der Waals surface area contributed by atoms with Crippen LogP contribution in [-0.2, 0) is 9.59 Å². The van der Waals surface area contributed by atoms with E-state index in [0.717, 1.165) is 5.69 Å². The van der Waals surface area contributed by atoms with E-state index in [-0.39, 0.29) is 6.54 Å². The number of para-hydroxylation sites is 1. The van der Waals surface area contributed by atoms with Crippen molar-refractivity contribution in [2.75, 3.05) is 24.5 Å². The predicted molar refractivity (Wildman–Crippen MR) is 73.5 cm³/mol. The van der Waals surface area contributed by atoms with Crippen molar-refractivity contribution in [3.63, 3.8) is 0 Å². The molecule has 0 aliphatic heterocycles. The lowest BCUT2D eigenvalue weighted by atomic mass is 10.3. The van der Waals surface area contributed by atoms with E-state index in [4.69, 9.17) is 5.11 Å². The summed E-state index contributed by atoms with van der Waals surface area (Å²) < 4.78 is 0. The van der Waals surface area contributed by atoms with Crippen molar-refractivity contribution in [2.45, 2.75) is 6.92 Å². The minimum atomic E-state index is -1.14. The zero-order valence-corrected chi connectivity index (χ0v) is 11.1. The zero-order chi connectivity index (χ0) is 15.0. The molecule has 1 aromatic carbocycles. The first-order valence-corrected chi connectivity index (χ1v) is 6.13. The third-order valence-corrected chi connectivity index (χ3v) is 2.47. The maximum atomic E-state index is 11.9. The van der Waals surface area contributed by atoms with Gasteiger partial charge in [0.15, 0.2) is 0 Å². The molecule has 0 unspecified atom stereocenters. The van der Waals surface area contributed by atoms with Gasteiger partial charge in [0.1, 0.15) is 6.54 Å². The number of carboxylic acid groups (broad SMARTS) is 1. The molecule has 0 aromatic heterocycles. The van der Waals surface area contributed by atoms with Crippen molar-refractivity contribution >= 4 is 23.6 Å². The summed E-state index contributed by atoms with van der Waals surface area (Å²) in [4.78, 5) is 35.0. The first-order valence-electron chi connectivity index (χ1n) is 6.13. The molecule has 0 saturated heterocycles. The number of anilines is 1. The molecular weight excluding hydrogens is 262 g/mol. The Kier molecular flexibility index (Phi) is 6.02. The number of urea groups is 1. The van der Waals surface area contributed by atoms with Gasteiger partial charge >= 0.3 is 12.0 Å². The summed E-state index contributed by atoms with van der Waals surface area (Å²) in [6, 6.07) is 8.62. The van der Waals surface area contributed by atoms with Gasteiger partial charge in [0.05, 0.1) is 6.54 Å². The van der Waals surface area contributed by atoms with Crippen molar-refractivity contribution in [1.29, 1.82) is 0 Å². The average molecular weight is 279 g/mol. The van der Waals surface area contributed by atoms with Crippen molar-refractivity contribution in [3.8, 4) is 0 Å². The third-order valence-electron chi connectivity index (χ3n) is 2.47. The molecule has 0 radical (unpaired) electrons. The van der Waals surface area contributed by atoms with Crippen LogP contribution in [0.15, 0.2) is 30.3 Å². The number of benzene rings is 1. The summed E-state index contributed by atoms with van der Waals surface area (Å²) in [5, 5.41) is 13.0. The fourth-order valence-electron chi connectivity index (χ4n) is 1.54. The van der Waals surface area contributed by atoms with Crippen LogP contribution < -0.4 is 15.5 Å². The van der Waals surface area contributed by atoms with E-state index >= 15 is 0 Å². The highest BCUT2D eigenvalue weighted by Crippen LogP contribution is 2.12. The monoisotopic (exact) mass is 279 g/mol. The first-order chi connectivity index (χ1) is 9.54. The normalized spacial score (nSPS) is 9.65. The second kappa shape index (κ2) is 7.78. The molecular formula is C13H17N3O4. The van der Waals surface area contributed by atoms with E-state index < -0.39 is 24.5 Å². The largest absolute Gasteiger partial charge is 0.480 e. The van der Waals surface area contributed by atoms with E-state index in [1.807, 2.05) is 25.1 Å². The van der Waals surface area contributed by atoms with E-state index in [1.165, 1.54) is 4.90 Å². The van der Waals surface area contributed by atoms with Gasteiger partial charge in [-0.2, -0.15) is 0 Å². The van der Waals surface area contributed by atoms with Crippen LogP contribution in [0.4, 0.5) is 10.5 Å². The van der Waals surface area contributed by atoms with Gasteiger partial charge in [-0.25, -0.2) is 4.79 Å². The molecule has 0 saturated carbocycles. The topological polar surface area (TPSA) is 98.7 Å². The minimum Gasteiger partial charge on any atom is -0.480 e. The van der Waals surface area contributed by atoms with Crippen LogP contribution in [-0.4, -0.2) is 42.6 Å². The Labute approximate surface area is 116 Å². The van der Waals surface area contributed by atoms with Gasteiger partial charge < -0.3 is 15.7 Å². The SMILES string of the molecule is CCN(C(=O)NCC(=O)NCC(=O)O)c1ccccc1. The lowest BCUT2D eigenvalue weighted by Gasteiger charge is -2.21. The lowest BCUT2D eigenvalue weighted by Crippen LogP contribution is -2.45. The molecule has 0 heterocycles. The van der Waals surface area contributed by atoms with E-state index in [2.05, 4.69) is 10.6 Å². The number of hydrogen-bond acceptors (Lipinski definition) is 3. The van der Waals surface area contributed by atoms with Gasteiger partial charge in [-0.05, 0) is 19.1 Å². The second-order valence-electron chi connectivity index (χ2n) is 3.91. The van der Waals surface area contributed by atoms with Gasteiger partial charge in [-0.3, -0.25) is 14.5 Å². The summed E-state index contributed by atoms with van der Waals surface area (Å²) in [6.45, 7) is 1.53. The van der Waals surface area contributed by atoms with Gasteiger partial charge in [-0.1, -0.05) is 18.2 Å². The molecule has 1 rings (SSSR count). The molecule has 0 aliphatic carbocycles. The summed E-state index contributed by atoms with van der Waals surface area (Å²) >= 11 is 0. The molecule has 0 fully saturated rings. The lowest BCUT2D eigenvalue weighted by molar-refractivity contribution is -0.137. The number of nitrogens with one attached hydrogen (secondary N) is 2. The first kappa shape index (κ1) is 15.5. The Balaban J connectivity index is 2.48. The molecule has 7 nitrogen and oxygen atoms in total. The molecule has 7 heteroatoms. The predicted octanol–water partition coefficient (Wildman–Crippen LogP) is 0.423. The van der Waals surface area contributed by atoms with Crippen LogP contribution in [0.25, 0.3) is 0 Å². The zero-order valence-electron chi connectivity index (χ0n) is 11.1. The molecule has 0 bridgehead atoms. The highest BCUT2D eigenvalue weighted by atomic mass is 16.4. The Morgan fingerprint density at radius 3 is 2.30 bits per heavy atom. The Hall–Kier alpha value is -2.57. The summed E-state index contributed by atoms with van der Waals surface area (Å²) in [5.74, 6) is -1.69. The third kappa shape index (κ3) is 4.97. The van der Waals surface area contributed by atoms with E-state index in [9.17, 15) is 14.4 Å². The van der Waals surface area contributed by atoms with Gasteiger partial charge in [0.2, 0.25) is 5.91 Å². The van der Waals surface area contributed by atoms with Crippen molar-refractivity contribution < 1.29 is 19.5 Å². The summed E-state index contributed by atoms with van der Waals surface area (Å²) in [6.07, 6.45) is 0. The summed E-state index contributed by atoms with van der Waals surface area (Å²) in [7, 11) is 0. The smallest absolute Gasteiger partial charge is 0.322 e. The summed E-state index contributed by atoms with van der Waals surface area (Å²) in [5.41, 5.74) is 0.721. The molecule has 3 amide bonds. The van der Waals surface area contributed by atoms with Crippen LogP contribution in [0.2, 0.25) is 0 Å². The van der Waals surface area contributed by atoms with Crippen LogP contribution in [0.1, 0.15) is 6.92 Å². The quantitative estimate of drug-likeness (QED) is 0.703. The molecule has 0 atom stereocenters. The molecule has 108 valence electrons. The van der Waals surface area contributed by atoms with Gasteiger partial charge in [-0.15, -0.1) is 0 Å². The highest BCUT2D eigenvalue weighted by molar-refractivity contribution is 5.94. The molecule has 0 spiro atoms. The van der Waals surface area contributed by atoms with Gasteiger partial charge in [0.25, 0.3) is 0 Å². The minimum absolute atomic E-state index is 0.268. The second-order valence-corrected chi connectivity index (χ2v) is 3.91. The van der Waals surface area contributed by atoms with Crippen LogP contribution in [0, 0.1) is 0 Å². The number of carbonyl (C=O) groups excluding carboxylic acids is 2. The number of carboxylic acids is 1. The maximum absolute atomic E-state index is 11.9. The number of amides is 3. The number of carbonyl (C=O) groups is 3. The molecule has 3 N–H and O–H groups in total. The van der Waals surface area contributed by atoms with Crippen LogP contribution >= 0.6 is 0 Å². The number of nitrogens with zero attached hydrogens (tertiary/aromatic N) is 1. The van der Waals surface area contributed by atoms with Crippen LogP contribution in [0.5, 0.6) is 0 Å². The van der Waals surface area contributed by atoms with Crippen molar-refractivity contribution in [3.05, 3.63) is 30.3 Å². The van der Waals surface area contributed by atoms with Crippen molar-refractivity contribution in [2.24, 2.45) is 0 Å². The average Bonchev–Trinajstić information content (AvgIpc) is 2.45. The standard InChI is InChI=1S/C13H17N3O4/c1-2-16(10-6-4-3-5-7-10)13(20)15-8-11(17)14-9-12(18)19/h3-7H,2,8-9H2,1H3,(H,14,17)(H,15,20)(H,18,19). The molecule has 1 aromatic rings. The number of aliphatic carboxylic acids is 1. The Morgan fingerprint density at radius 2 is 1.75 bits per heavy atom. The van der Waals surface area contributed by atoms with Crippen molar-refractivity contribution in [1.82, 2.24) is 10.6 Å². The number of rotatable bonds is 6. The van der Waals surface area contributed by atoms with E-state index in [0.29, 0.717) is 6.54 Å². The van der Waals surface area contributed by atoms with E-state index in [1.54, 1.807) is 12.1 Å². The Morgan fingerprint density at radius 1 is 1.10 bits per heavy atom. The fourth-order valence-corrected chi connectivity index (χ4v) is 1.54. The maximum Gasteiger partial charge on any atom is 0.322 e. The highest BCUT2D eigenvalue weighted by Gasteiger charge is 2.14. The van der Waals surface area contributed by atoms with Gasteiger partial charge in [0, 0.05) is 12.2 Å².